The number of aryl methyl sites for hydroxylation is 2. The molecule has 0 aliphatic heterocycles. The Kier molecular flexibility index (Phi) is 18.1. The van der Waals surface area contributed by atoms with Crippen LogP contribution in [0.1, 0.15) is 49.9 Å². The summed E-state index contributed by atoms with van der Waals surface area (Å²) in [5.41, 5.74) is 4.07. The molecule has 3 heterocycles. The van der Waals surface area contributed by atoms with E-state index in [1.54, 1.807) is 36.4 Å². The molecule has 5 N–H and O–H groups in total. The first-order chi connectivity index (χ1) is 36.6. The van der Waals surface area contributed by atoms with E-state index in [0.717, 1.165) is 46.2 Å². The van der Waals surface area contributed by atoms with E-state index < -0.39 is 36.1 Å². The van der Waals surface area contributed by atoms with Gasteiger partial charge < -0.3 is 20.4 Å². The Balaban J connectivity index is 1.30. The third-order valence-corrected chi connectivity index (χ3v) is 16.7. The second-order valence-electron chi connectivity index (χ2n) is 16.4. The number of azo groups is 2. The number of aromatic nitrogens is 5. The van der Waals surface area contributed by atoms with Crippen LogP contribution >= 0.6 is 34.8 Å². The first-order valence-electron chi connectivity index (χ1n) is 23.0. The minimum Gasteiger partial charge on any atom is -0.372 e. The van der Waals surface area contributed by atoms with Gasteiger partial charge in [0.05, 0.1) is 26.9 Å². The number of nitriles is 2. The summed E-state index contributed by atoms with van der Waals surface area (Å²) in [6.45, 7) is 13.5. The molecule has 4 aromatic carbocycles. The van der Waals surface area contributed by atoms with Crippen LogP contribution in [-0.4, -0.2) is 100 Å². The molecular weight excluding hydrogens is 1110 g/mol. The van der Waals surface area contributed by atoms with E-state index in [1.165, 1.54) is 38.1 Å². The van der Waals surface area contributed by atoms with Crippen LogP contribution in [-0.2, 0) is 30.4 Å². The highest BCUT2D eigenvalue weighted by Gasteiger charge is 2.23. The van der Waals surface area contributed by atoms with Crippen LogP contribution in [0.5, 0.6) is 0 Å². The van der Waals surface area contributed by atoms with Gasteiger partial charge in [-0.15, -0.1) is 20.5 Å². The van der Waals surface area contributed by atoms with Gasteiger partial charge in [0, 0.05) is 54.4 Å². The molecule has 0 spiro atoms. The average Bonchev–Trinajstić information content (AvgIpc) is 4.00. The third-order valence-electron chi connectivity index (χ3n) is 11.4. The van der Waals surface area contributed by atoms with E-state index in [9.17, 15) is 49.4 Å². The summed E-state index contributed by atoms with van der Waals surface area (Å²) in [5.74, 6) is -0.870. The van der Waals surface area contributed by atoms with Gasteiger partial charge in [0.15, 0.2) is 15.2 Å². The maximum absolute atomic E-state index is 12.1. The van der Waals surface area contributed by atoms with Crippen molar-refractivity contribution in [1.82, 2.24) is 23.7 Å². The molecule has 0 unspecified atom stereocenters. The summed E-state index contributed by atoms with van der Waals surface area (Å²) in [6.07, 6.45) is 0. The van der Waals surface area contributed by atoms with Crippen molar-refractivity contribution in [2.24, 2.45) is 20.5 Å². The highest BCUT2D eigenvalue weighted by Crippen LogP contribution is 2.41. The zero-order valence-corrected chi connectivity index (χ0v) is 46.6. The Morgan fingerprint density at radius 1 is 0.597 bits per heavy atom. The van der Waals surface area contributed by atoms with Crippen molar-refractivity contribution in [2.45, 2.75) is 56.5 Å². The molecule has 77 heavy (non-hydrogen) atoms. The minimum atomic E-state index is -4.59. The molecule has 30 heteroatoms. The van der Waals surface area contributed by atoms with Crippen LogP contribution in [0, 0.1) is 36.5 Å². The van der Waals surface area contributed by atoms with Crippen molar-refractivity contribution in [2.75, 3.05) is 58.1 Å². The number of benzene rings is 4. The second-order valence-corrected chi connectivity index (χ2v) is 23.3. The Labute approximate surface area is 456 Å². The van der Waals surface area contributed by atoms with Crippen molar-refractivity contribution in [3.8, 4) is 34.7 Å². The third kappa shape index (κ3) is 14.0. The standard InChI is InChI=1S/C47H47N15O9S6/c1-7-61(8-2)31-15-17-35(55-57-43-33(25-48)41(59-73-43)29-13-11-27(5)39(21-29)76(66,67)68)37(23-31)50-45-52-46(54-47(53-45)72-19-20-75(63,64)65)51-38-24-32(62(9-3)10-4)16-18-36(38)56-58-44-34(26-49)42(60-74-44)30-14-12-28(6)40(22-30)77(69,70)71/h11-18,21-24H,7-10,19-20H2,1-6H3,(H,63,64,65)(H,66,67,68)(H,69,70,71)(H2,50,51,52,53,54). The van der Waals surface area contributed by atoms with E-state index >= 15 is 0 Å². The number of anilines is 6. The van der Waals surface area contributed by atoms with E-state index in [2.05, 4.69) is 71.7 Å². The molecule has 7 aromatic rings. The predicted octanol–water partition coefficient (Wildman–Crippen LogP) is 11.0. The van der Waals surface area contributed by atoms with Gasteiger partial charge in [0.1, 0.15) is 46.0 Å². The lowest BCUT2D eigenvalue weighted by atomic mass is 10.1. The maximum Gasteiger partial charge on any atom is 0.294 e. The Hall–Kier alpha value is -7.39. The van der Waals surface area contributed by atoms with Crippen LogP contribution < -0.4 is 20.4 Å². The molecule has 7 rings (SSSR count). The lowest BCUT2D eigenvalue weighted by Gasteiger charge is -2.22. The van der Waals surface area contributed by atoms with Gasteiger partial charge in [-0.2, -0.15) is 59.5 Å². The van der Waals surface area contributed by atoms with Crippen molar-refractivity contribution in [1.29, 1.82) is 10.5 Å². The molecule has 0 fully saturated rings. The fourth-order valence-electron chi connectivity index (χ4n) is 7.55. The fraction of sp³-hybridized carbons (Fsp3) is 0.255. The zero-order chi connectivity index (χ0) is 55.8. The largest absolute Gasteiger partial charge is 0.372 e. The Morgan fingerprint density at radius 2 is 1.01 bits per heavy atom. The number of rotatable bonds is 22. The second kappa shape index (κ2) is 24.3. The van der Waals surface area contributed by atoms with E-state index in [-0.39, 0.29) is 87.6 Å². The molecule has 0 aliphatic rings. The van der Waals surface area contributed by atoms with Crippen molar-refractivity contribution < 1.29 is 38.9 Å². The summed E-state index contributed by atoms with van der Waals surface area (Å²) in [4.78, 5) is 17.3. The molecule has 0 radical (unpaired) electrons. The molecule has 0 bridgehead atoms. The van der Waals surface area contributed by atoms with Crippen molar-refractivity contribution in [3.63, 3.8) is 0 Å². The predicted molar refractivity (Wildman–Crippen MR) is 296 cm³/mol. The first-order valence-corrected chi connectivity index (χ1v) is 30.1. The normalized spacial score (nSPS) is 12.0. The minimum absolute atomic E-state index is 0.00305. The highest BCUT2D eigenvalue weighted by molar-refractivity contribution is 8.00. The summed E-state index contributed by atoms with van der Waals surface area (Å²) in [5, 5.41) is 45.0. The number of nitrogens with one attached hydrogen (secondary N) is 2. The lowest BCUT2D eigenvalue weighted by Crippen LogP contribution is -2.21. The topological polar surface area (TPSA) is 355 Å². The monoisotopic (exact) mass is 1160 g/mol. The van der Waals surface area contributed by atoms with Gasteiger partial charge in [0.25, 0.3) is 30.4 Å². The van der Waals surface area contributed by atoms with Gasteiger partial charge >= 0.3 is 0 Å². The van der Waals surface area contributed by atoms with E-state index in [1.807, 2.05) is 39.8 Å². The molecule has 0 saturated carbocycles. The molecule has 3 aromatic heterocycles. The van der Waals surface area contributed by atoms with Crippen molar-refractivity contribution in [3.05, 3.63) is 95.1 Å². The van der Waals surface area contributed by atoms with Gasteiger partial charge in [0.2, 0.25) is 11.9 Å². The molecular formula is C47H47N15O9S6. The smallest absolute Gasteiger partial charge is 0.294 e. The van der Waals surface area contributed by atoms with Crippen LogP contribution in [0.15, 0.2) is 108 Å². The summed E-state index contributed by atoms with van der Waals surface area (Å²) < 4.78 is 110. The summed E-state index contributed by atoms with van der Waals surface area (Å²) >= 11 is 2.61. The molecule has 0 amide bonds. The maximum atomic E-state index is 12.1. The highest BCUT2D eigenvalue weighted by atomic mass is 32.2. The number of nitrogens with zero attached hydrogens (tertiary/aromatic N) is 13. The SMILES string of the molecule is CCN(CC)c1ccc(N=Nc2snc(-c3ccc(C)c(S(=O)(=O)O)c3)c2C#N)c(Nc2nc(Nc3cc(N(CC)CC)ccc3N=Nc3snc(-c4ccc(C)c(S(=O)(=O)O)c4)c3C#N)nc(SCCS(=O)(=O)O)n2)c1. The van der Waals surface area contributed by atoms with Gasteiger partial charge in [-0.25, -0.2) is 0 Å². The summed E-state index contributed by atoms with van der Waals surface area (Å²) in [7, 11) is -13.5. The van der Waals surface area contributed by atoms with E-state index in [0.29, 0.717) is 48.7 Å². The molecule has 0 aliphatic carbocycles. The Bertz CT molecular complexity index is 3640. The number of hydrogen-bond acceptors (Lipinski definition) is 24. The summed E-state index contributed by atoms with van der Waals surface area (Å²) in [6, 6.07) is 23.3. The first kappa shape index (κ1) is 57.3. The van der Waals surface area contributed by atoms with E-state index in [4.69, 9.17) is 4.98 Å². The molecule has 0 saturated heterocycles. The van der Waals surface area contributed by atoms with Crippen LogP contribution in [0.2, 0.25) is 0 Å². The molecule has 0 atom stereocenters. The lowest BCUT2D eigenvalue weighted by molar-refractivity contribution is 0.480. The molecule has 400 valence electrons. The van der Waals surface area contributed by atoms with Gasteiger partial charge in [-0.3, -0.25) is 13.7 Å². The average molecular weight is 1160 g/mol. The Morgan fingerprint density at radius 3 is 1.38 bits per heavy atom. The van der Waals surface area contributed by atoms with Gasteiger partial charge in [-0.1, -0.05) is 36.0 Å². The number of thioether (sulfide) groups is 1. The fourth-order valence-corrected chi connectivity index (χ4v) is 12.1. The van der Waals surface area contributed by atoms with Crippen molar-refractivity contribution >= 4 is 121 Å². The quantitative estimate of drug-likeness (QED) is 0.0239. The zero-order valence-electron chi connectivity index (χ0n) is 41.7. The molecule has 24 nitrogen and oxygen atoms in total. The van der Waals surface area contributed by atoms with Gasteiger partial charge in [-0.05, 0) is 124 Å². The van der Waals surface area contributed by atoms with Crippen LogP contribution in [0.3, 0.4) is 0 Å². The van der Waals surface area contributed by atoms with Crippen LogP contribution in [0.4, 0.5) is 56.0 Å². The van der Waals surface area contributed by atoms with Crippen LogP contribution in [0.25, 0.3) is 22.5 Å². The number of hydrogen-bond donors (Lipinski definition) is 5.